The molecule has 1 rings (SSSR count). The molecule has 0 aromatic heterocycles. The number of rotatable bonds is 3. The van der Waals surface area contributed by atoms with E-state index in [1.165, 1.54) is 18.2 Å². The molecule has 0 bridgehead atoms. The Morgan fingerprint density at radius 3 is 2.41 bits per heavy atom. The average molecular weight is 289 g/mol. The molecule has 17 heavy (non-hydrogen) atoms. The third-order valence-electron chi connectivity index (χ3n) is 1.89. The lowest BCUT2D eigenvalue weighted by Crippen LogP contribution is -2.20. The van der Waals surface area contributed by atoms with E-state index in [-0.39, 0.29) is 46.9 Å². The van der Waals surface area contributed by atoms with Gasteiger partial charge >= 0.3 is 5.51 Å². The molecule has 0 aliphatic heterocycles. The van der Waals surface area contributed by atoms with E-state index < -0.39 is 11.6 Å². The number of aromatic hydroxyl groups is 1. The molecule has 0 unspecified atom stereocenters. The molecule has 98 valence electrons. The third-order valence-corrected chi connectivity index (χ3v) is 2.61. The SMILES string of the molecule is Cl.NC[C@@H](N)c1cc(SC(F)(F)F)ccc1O. The molecule has 1 atom stereocenters. The molecule has 0 amide bonds. The van der Waals surface area contributed by atoms with Crippen molar-refractivity contribution in [1.29, 1.82) is 0 Å². The van der Waals surface area contributed by atoms with Gasteiger partial charge in [0.25, 0.3) is 0 Å². The monoisotopic (exact) mass is 288 g/mol. The quantitative estimate of drug-likeness (QED) is 0.747. The molecule has 0 fully saturated rings. The van der Waals surface area contributed by atoms with Gasteiger partial charge in [-0.3, -0.25) is 0 Å². The lowest BCUT2D eigenvalue weighted by atomic mass is 10.1. The van der Waals surface area contributed by atoms with Crippen LogP contribution in [0.5, 0.6) is 5.75 Å². The summed E-state index contributed by atoms with van der Waals surface area (Å²) in [7, 11) is 0. The predicted octanol–water partition coefficient (Wildman–Crippen LogP) is 2.38. The van der Waals surface area contributed by atoms with E-state index in [1.54, 1.807) is 0 Å². The predicted molar refractivity (Wildman–Crippen MR) is 63.2 cm³/mol. The van der Waals surface area contributed by atoms with Crippen LogP contribution in [0.1, 0.15) is 11.6 Å². The van der Waals surface area contributed by atoms with E-state index in [4.69, 9.17) is 11.5 Å². The highest BCUT2D eigenvalue weighted by Crippen LogP contribution is 2.38. The first-order chi connectivity index (χ1) is 7.33. The maximum Gasteiger partial charge on any atom is 0.446 e. The van der Waals surface area contributed by atoms with Crippen molar-refractivity contribution < 1.29 is 18.3 Å². The van der Waals surface area contributed by atoms with Gasteiger partial charge in [0.1, 0.15) is 5.75 Å². The number of hydrogen-bond acceptors (Lipinski definition) is 4. The van der Waals surface area contributed by atoms with Crippen molar-refractivity contribution in [2.45, 2.75) is 16.4 Å². The van der Waals surface area contributed by atoms with Crippen LogP contribution >= 0.6 is 24.2 Å². The molecule has 0 saturated heterocycles. The molecule has 0 aliphatic carbocycles. The van der Waals surface area contributed by atoms with Gasteiger partial charge in [-0.15, -0.1) is 12.4 Å². The highest BCUT2D eigenvalue weighted by molar-refractivity contribution is 8.00. The molecular weight excluding hydrogens is 277 g/mol. The van der Waals surface area contributed by atoms with Crippen molar-refractivity contribution in [3.63, 3.8) is 0 Å². The summed E-state index contributed by atoms with van der Waals surface area (Å²) in [6.45, 7) is 0.0493. The average Bonchev–Trinajstić information content (AvgIpc) is 2.18. The first kappa shape index (κ1) is 16.4. The Morgan fingerprint density at radius 2 is 1.94 bits per heavy atom. The standard InChI is InChI=1S/C9H11F3N2OS.ClH/c10-9(11,12)16-5-1-2-8(15)6(3-5)7(14)4-13;/h1-3,7,15H,4,13-14H2;1H/t7-;/m1./s1. The Hall–Kier alpha value is -0.630. The molecule has 0 saturated carbocycles. The number of phenolic OH excluding ortho intramolecular Hbond substituents is 1. The maximum atomic E-state index is 12.1. The number of nitrogens with two attached hydrogens (primary N) is 2. The minimum atomic E-state index is -4.36. The number of hydrogen-bond donors (Lipinski definition) is 3. The van der Waals surface area contributed by atoms with Gasteiger partial charge in [-0.05, 0) is 30.0 Å². The summed E-state index contributed by atoms with van der Waals surface area (Å²) in [4.78, 5) is -0.0239. The zero-order chi connectivity index (χ0) is 12.3. The Morgan fingerprint density at radius 1 is 1.35 bits per heavy atom. The van der Waals surface area contributed by atoms with Gasteiger partial charge in [-0.2, -0.15) is 13.2 Å². The summed E-state index contributed by atoms with van der Waals surface area (Å²) in [6.07, 6.45) is 0. The van der Waals surface area contributed by atoms with Crippen LogP contribution in [-0.4, -0.2) is 17.2 Å². The Balaban J connectivity index is 0.00000256. The van der Waals surface area contributed by atoms with Gasteiger partial charge in [0.05, 0.1) is 0 Å². The molecule has 8 heteroatoms. The summed E-state index contributed by atoms with van der Waals surface area (Å²) in [5.41, 5.74) is 6.70. The van der Waals surface area contributed by atoms with E-state index in [2.05, 4.69) is 0 Å². The highest BCUT2D eigenvalue weighted by atomic mass is 35.5. The van der Waals surface area contributed by atoms with Crippen LogP contribution in [-0.2, 0) is 0 Å². The summed E-state index contributed by atoms with van der Waals surface area (Å²) in [6, 6.07) is 2.89. The van der Waals surface area contributed by atoms with Gasteiger partial charge in [-0.1, -0.05) is 0 Å². The normalized spacial score (nSPS) is 13.0. The first-order valence-electron chi connectivity index (χ1n) is 4.38. The fourth-order valence-electron chi connectivity index (χ4n) is 1.15. The van der Waals surface area contributed by atoms with Crippen LogP contribution < -0.4 is 11.5 Å². The van der Waals surface area contributed by atoms with Crippen molar-refractivity contribution in [2.24, 2.45) is 11.5 Å². The van der Waals surface area contributed by atoms with E-state index >= 15 is 0 Å². The lowest BCUT2D eigenvalue weighted by molar-refractivity contribution is -0.0328. The van der Waals surface area contributed by atoms with Crippen molar-refractivity contribution in [1.82, 2.24) is 0 Å². The molecule has 0 radical (unpaired) electrons. The van der Waals surface area contributed by atoms with E-state index in [1.807, 2.05) is 0 Å². The van der Waals surface area contributed by atoms with Crippen LogP contribution in [0.15, 0.2) is 23.1 Å². The molecule has 0 spiro atoms. The van der Waals surface area contributed by atoms with Gasteiger partial charge < -0.3 is 16.6 Å². The lowest BCUT2D eigenvalue weighted by Gasteiger charge is -2.13. The minimum Gasteiger partial charge on any atom is -0.508 e. The fraction of sp³-hybridized carbons (Fsp3) is 0.333. The van der Waals surface area contributed by atoms with Crippen molar-refractivity contribution in [2.75, 3.05) is 6.54 Å². The largest absolute Gasteiger partial charge is 0.508 e. The number of thioether (sulfide) groups is 1. The van der Waals surface area contributed by atoms with Gasteiger partial charge in [0.15, 0.2) is 0 Å². The fourth-order valence-corrected chi connectivity index (χ4v) is 1.74. The van der Waals surface area contributed by atoms with Gasteiger partial charge in [0, 0.05) is 23.0 Å². The zero-order valence-corrected chi connectivity index (χ0v) is 10.2. The second-order valence-corrected chi connectivity index (χ2v) is 4.25. The Bertz CT molecular complexity index is 376. The summed E-state index contributed by atoms with van der Waals surface area (Å²) in [5.74, 6) is -0.149. The van der Waals surface area contributed by atoms with Crippen LogP contribution in [0.2, 0.25) is 0 Å². The van der Waals surface area contributed by atoms with E-state index in [0.29, 0.717) is 0 Å². The van der Waals surface area contributed by atoms with Crippen LogP contribution in [0.4, 0.5) is 13.2 Å². The molecule has 0 heterocycles. The van der Waals surface area contributed by atoms with Crippen LogP contribution in [0, 0.1) is 0 Å². The second kappa shape index (κ2) is 6.34. The molecule has 1 aromatic rings. The molecule has 1 aromatic carbocycles. The Labute approximate surface area is 107 Å². The number of benzene rings is 1. The van der Waals surface area contributed by atoms with Crippen molar-refractivity contribution >= 4 is 24.2 Å². The molecule has 5 N–H and O–H groups in total. The highest BCUT2D eigenvalue weighted by Gasteiger charge is 2.29. The summed E-state index contributed by atoms with van der Waals surface area (Å²) < 4.78 is 36.3. The number of alkyl halides is 3. The maximum absolute atomic E-state index is 12.1. The summed E-state index contributed by atoms with van der Waals surface area (Å²) in [5, 5.41) is 9.41. The molecule has 3 nitrogen and oxygen atoms in total. The van der Waals surface area contributed by atoms with Crippen molar-refractivity contribution in [3.05, 3.63) is 23.8 Å². The smallest absolute Gasteiger partial charge is 0.446 e. The summed E-state index contributed by atoms with van der Waals surface area (Å²) >= 11 is -0.256. The Kier molecular flexibility index (Phi) is 6.11. The molecular formula is C9H12ClF3N2OS. The van der Waals surface area contributed by atoms with Crippen LogP contribution in [0.3, 0.4) is 0 Å². The van der Waals surface area contributed by atoms with Gasteiger partial charge in [-0.25, -0.2) is 0 Å². The number of phenols is 1. The van der Waals surface area contributed by atoms with E-state index in [9.17, 15) is 18.3 Å². The first-order valence-corrected chi connectivity index (χ1v) is 5.19. The van der Waals surface area contributed by atoms with Gasteiger partial charge in [0.2, 0.25) is 0 Å². The minimum absolute atomic E-state index is 0. The topological polar surface area (TPSA) is 72.3 Å². The third kappa shape index (κ3) is 5.03. The van der Waals surface area contributed by atoms with Crippen LogP contribution in [0.25, 0.3) is 0 Å². The van der Waals surface area contributed by atoms with E-state index in [0.717, 1.165) is 0 Å². The van der Waals surface area contributed by atoms with Crippen molar-refractivity contribution in [3.8, 4) is 5.75 Å². The molecule has 0 aliphatic rings. The zero-order valence-electron chi connectivity index (χ0n) is 8.57. The number of halogens is 4. The second-order valence-electron chi connectivity index (χ2n) is 3.11.